The molecule has 2 aromatic heterocycles. The zero-order valence-corrected chi connectivity index (χ0v) is 35.5. The molecule has 0 unspecified atom stereocenters. The molecule has 0 bridgehead atoms. The van der Waals surface area contributed by atoms with Gasteiger partial charge in [0, 0.05) is 32.6 Å². The predicted octanol–water partition coefficient (Wildman–Crippen LogP) is 15.0. The summed E-state index contributed by atoms with van der Waals surface area (Å²) in [5.41, 5.74) is 13.9. The number of aromatic hydroxyl groups is 1. The molecule has 7 aromatic carbocycles. The zero-order valence-electron chi connectivity index (χ0n) is 38.5. The monoisotopic (exact) mass is 796 g/mol. The molecule has 1 N–H and O–H groups in total. The lowest BCUT2D eigenvalue weighted by Gasteiger charge is -2.27. The van der Waals surface area contributed by atoms with Gasteiger partial charge in [-0.05, 0) is 111 Å². The molecule has 0 amide bonds. The Hall–Kier alpha value is -7.04. The molecule has 0 spiro atoms. The van der Waals surface area contributed by atoms with Gasteiger partial charge in [0.1, 0.15) is 11.6 Å². The first-order valence-corrected chi connectivity index (χ1v) is 20.9. The van der Waals surface area contributed by atoms with Crippen LogP contribution in [0.4, 0.5) is 0 Å². The number of para-hydroxylation sites is 1. The maximum Gasteiger partial charge on any atom is 0.149 e. The minimum absolute atomic E-state index is 0.164. The van der Waals surface area contributed by atoms with Gasteiger partial charge < -0.3 is 5.11 Å². The molecule has 0 saturated carbocycles. The van der Waals surface area contributed by atoms with Crippen molar-refractivity contribution in [1.29, 1.82) is 0 Å². The highest BCUT2D eigenvalue weighted by Gasteiger charge is 2.29. The van der Waals surface area contributed by atoms with Crippen LogP contribution in [-0.2, 0) is 10.8 Å². The van der Waals surface area contributed by atoms with Crippen molar-refractivity contribution in [3.63, 3.8) is 0 Å². The van der Waals surface area contributed by atoms with Gasteiger partial charge in [-0.2, -0.15) is 0 Å². The highest BCUT2D eigenvalue weighted by atomic mass is 16.3. The molecule has 300 valence electrons. The van der Waals surface area contributed by atoms with Crippen LogP contribution >= 0.6 is 0 Å². The van der Waals surface area contributed by atoms with E-state index in [9.17, 15) is 5.11 Å². The molecule has 4 nitrogen and oxygen atoms in total. The number of imidazole rings is 1. The molecule has 0 aliphatic rings. The summed E-state index contributed by atoms with van der Waals surface area (Å²) in [6.45, 7) is 10.6. The summed E-state index contributed by atoms with van der Waals surface area (Å²) >= 11 is 0. The maximum absolute atomic E-state index is 12.5. The smallest absolute Gasteiger partial charge is 0.149 e. The van der Waals surface area contributed by atoms with E-state index in [1.165, 1.54) is 0 Å². The van der Waals surface area contributed by atoms with Gasteiger partial charge in [0.2, 0.25) is 0 Å². The Bertz CT molecular complexity index is 3160. The van der Waals surface area contributed by atoms with Crippen molar-refractivity contribution >= 4 is 11.0 Å². The van der Waals surface area contributed by atoms with Gasteiger partial charge in [-0.1, -0.05) is 162 Å². The van der Waals surface area contributed by atoms with E-state index >= 15 is 0 Å². The van der Waals surface area contributed by atoms with E-state index in [2.05, 4.69) is 131 Å². The predicted molar refractivity (Wildman–Crippen MR) is 255 cm³/mol. The summed E-state index contributed by atoms with van der Waals surface area (Å²) in [6.07, 6.45) is 1.87. The van der Waals surface area contributed by atoms with Crippen molar-refractivity contribution in [2.45, 2.75) is 59.2 Å². The van der Waals surface area contributed by atoms with E-state index in [1.54, 1.807) is 12.1 Å². The van der Waals surface area contributed by atoms with Crippen LogP contribution in [-0.4, -0.2) is 19.6 Å². The Balaban J connectivity index is 1.37. The summed E-state index contributed by atoms with van der Waals surface area (Å²) in [6, 6.07) is 57.1. The van der Waals surface area contributed by atoms with Crippen molar-refractivity contribution in [2.75, 3.05) is 0 Å². The number of aryl methyl sites for hydroxylation is 1. The van der Waals surface area contributed by atoms with Crippen LogP contribution < -0.4 is 0 Å². The molecule has 61 heavy (non-hydrogen) atoms. The lowest BCUT2D eigenvalue weighted by Crippen LogP contribution is -2.17. The van der Waals surface area contributed by atoms with Crippen LogP contribution in [0.25, 0.3) is 83.9 Å². The van der Waals surface area contributed by atoms with Crippen molar-refractivity contribution in [2.24, 2.45) is 0 Å². The second-order valence-corrected chi connectivity index (χ2v) is 17.9. The van der Waals surface area contributed by atoms with E-state index in [-0.39, 0.29) is 16.7 Å². The first kappa shape index (κ1) is 35.9. The standard InChI is InChI=1S/C57H51N3O/c1-37-26-27-51(47(30-37)40-22-15-10-16-23-40)60-52-25-17-24-46(53(52)59-55(60)48-35-45(56(2,3)4)36-49(54(48)61)57(5,6)7)43-31-42(39-20-13-9-14-21-39)32-44(33-43)50-34-41(28-29-58-50)38-18-11-8-12-19-38/h8-36,61H,1-7H3/i1D3. The summed E-state index contributed by atoms with van der Waals surface area (Å²) in [5, 5.41) is 12.5. The van der Waals surface area contributed by atoms with Crippen molar-refractivity contribution in [1.82, 2.24) is 14.5 Å². The topological polar surface area (TPSA) is 50.9 Å². The van der Waals surface area contributed by atoms with Gasteiger partial charge in [-0.25, -0.2) is 4.98 Å². The molecule has 2 heterocycles. The lowest BCUT2D eigenvalue weighted by molar-refractivity contribution is 0.446. The van der Waals surface area contributed by atoms with E-state index < -0.39 is 12.3 Å². The first-order valence-electron chi connectivity index (χ1n) is 22.4. The van der Waals surface area contributed by atoms with Crippen LogP contribution in [0.15, 0.2) is 176 Å². The SMILES string of the molecule is [2H]C([2H])([2H])c1ccc(-n2c(-c3cc(C(C)(C)C)cc(C(C)(C)C)c3O)nc3c(-c4cc(-c5ccccc5)cc(-c5cc(-c6ccccc6)ccn5)c4)cccc32)c(-c2ccccc2)c1. The number of aromatic nitrogens is 3. The molecule has 4 heteroatoms. The second-order valence-electron chi connectivity index (χ2n) is 17.9. The molecule has 0 fully saturated rings. The van der Waals surface area contributed by atoms with E-state index in [4.69, 9.17) is 14.1 Å². The normalized spacial score (nSPS) is 12.9. The highest BCUT2D eigenvalue weighted by Crippen LogP contribution is 2.46. The molecular weight excluding hydrogens is 743 g/mol. The Morgan fingerprint density at radius 1 is 0.508 bits per heavy atom. The number of nitrogens with zero attached hydrogens (tertiary/aromatic N) is 3. The second kappa shape index (κ2) is 15.5. The van der Waals surface area contributed by atoms with Crippen LogP contribution in [0.2, 0.25) is 0 Å². The van der Waals surface area contributed by atoms with Crippen LogP contribution in [0, 0.1) is 6.85 Å². The van der Waals surface area contributed by atoms with Gasteiger partial charge >= 0.3 is 0 Å². The summed E-state index contributed by atoms with van der Waals surface area (Å²) < 4.78 is 27.3. The zero-order chi connectivity index (χ0) is 45.0. The van der Waals surface area contributed by atoms with Gasteiger partial charge in [0.15, 0.2) is 0 Å². The Morgan fingerprint density at radius 3 is 1.80 bits per heavy atom. The quantitative estimate of drug-likeness (QED) is 0.175. The Morgan fingerprint density at radius 2 is 1.15 bits per heavy atom. The number of fused-ring (bicyclic) bond motifs is 1. The summed E-state index contributed by atoms with van der Waals surface area (Å²) in [5.74, 6) is 0.712. The van der Waals surface area contributed by atoms with Gasteiger partial charge in [0.25, 0.3) is 0 Å². The number of phenolic OH excluding ortho intramolecular Hbond substituents is 1. The van der Waals surface area contributed by atoms with Crippen LogP contribution in [0.3, 0.4) is 0 Å². The van der Waals surface area contributed by atoms with E-state index in [1.807, 2.05) is 79.0 Å². The Labute approximate surface area is 364 Å². The van der Waals surface area contributed by atoms with Gasteiger partial charge in [0.05, 0.1) is 28.0 Å². The van der Waals surface area contributed by atoms with Crippen molar-refractivity contribution in [3.05, 3.63) is 193 Å². The highest BCUT2D eigenvalue weighted by molar-refractivity contribution is 5.98. The van der Waals surface area contributed by atoms with Crippen molar-refractivity contribution in [3.8, 4) is 78.6 Å². The molecule has 0 saturated heterocycles. The average Bonchev–Trinajstić information content (AvgIpc) is 3.68. The third-order valence-corrected chi connectivity index (χ3v) is 11.5. The molecule has 0 aliphatic carbocycles. The fourth-order valence-electron chi connectivity index (χ4n) is 8.27. The minimum Gasteiger partial charge on any atom is -0.507 e. The fourth-order valence-corrected chi connectivity index (χ4v) is 8.27. The Kier molecular flexibility index (Phi) is 9.13. The third kappa shape index (κ3) is 7.66. The average molecular weight is 797 g/mol. The fraction of sp³-hybridized carbons (Fsp3) is 0.158. The molecule has 0 atom stereocenters. The third-order valence-electron chi connectivity index (χ3n) is 11.5. The van der Waals surface area contributed by atoms with Gasteiger partial charge in [-0.3, -0.25) is 9.55 Å². The number of hydrogen-bond acceptors (Lipinski definition) is 3. The van der Waals surface area contributed by atoms with Gasteiger partial charge in [-0.15, -0.1) is 0 Å². The molecular formula is C57H51N3O. The number of hydrogen-bond donors (Lipinski definition) is 1. The summed E-state index contributed by atoms with van der Waals surface area (Å²) in [4.78, 5) is 10.5. The molecule has 9 rings (SSSR count). The number of pyridine rings is 1. The maximum atomic E-state index is 12.5. The largest absolute Gasteiger partial charge is 0.507 e. The first-order chi connectivity index (χ1) is 30.5. The molecule has 9 aromatic rings. The summed E-state index contributed by atoms with van der Waals surface area (Å²) in [7, 11) is 0. The number of benzene rings is 7. The van der Waals surface area contributed by atoms with Crippen LogP contribution in [0.5, 0.6) is 5.75 Å². The van der Waals surface area contributed by atoms with Crippen LogP contribution in [0.1, 0.15) is 62.3 Å². The van der Waals surface area contributed by atoms with E-state index in [0.717, 1.165) is 83.6 Å². The molecule has 0 aliphatic heterocycles. The lowest BCUT2D eigenvalue weighted by atomic mass is 9.79. The molecule has 0 radical (unpaired) electrons. The minimum atomic E-state index is -2.33. The number of phenols is 1. The van der Waals surface area contributed by atoms with Crippen molar-refractivity contribution < 1.29 is 9.22 Å². The van der Waals surface area contributed by atoms with E-state index in [0.29, 0.717) is 11.4 Å². The number of rotatable bonds is 7.